The number of halogens is 1. The van der Waals surface area contributed by atoms with Gasteiger partial charge in [0.2, 0.25) is 11.8 Å². The zero-order chi connectivity index (χ0) is 13.3. The second-order valence-corrected chi connectivity index (χ2v) is 6.29. The predicted octanol–water partition coefficient (Wildman–Crippen LogP) is -0.587. The van der Waals surface area contributed by atoms with Crippen LogP contribution in [0.1, 0.15) is 19.3 Å². The Morgan fingerprint density at radius 1 is 1.39 bits per heavy atom. The van der Waals surface area contributed by atoms with E-state index in [-0.39, 0.29) is 30.8 Å². The summed E-state index contributed by atoms with van der Waals surface area (Å²) >= 11 is 0. The van der Waals surface area contributed by atoms with Crippen molar-refractivity contribution in [2.24, 2.45) is 5.92 Å². The minimum Gasteiger partial charge on any atom is -0.352 e. The molecule has 1 N–H and O–H groups in total. The van der Waals surface area contributed by atoms with Crippen LogP contribution in [0.2, 0.25) is 0 Å². The van der Waals surface area contributed by atoms with E-state index in [0.717, 1.165) is 0 Å². The zero-order valence-electron chi connectivity index (χ0n) is 9.76. The van der Waals surface area contributed by atoms with E-state index in [9.17, 15) is 21.9 Å². The van der Waals surface area contributed by atoms with Gasteiger partial charge in [-0.2, -0.15) is 8.42 Å². The van der Waals surface area contributed by atoms with Crippen LogP contribution in [0.4, 0.5) is 3.89 Å². The number of nitrogens with zero attached hydrogens (tertiary/aromatic N) is 1. The van der Waals surface area contributed by atoms with E-state index in [1.807, 2.05) is 0 Å². The molecule has 1 unspecified atom stereocenters. The summed E-state index contributed by atoms with van der Waals surface area (Å²) in [5.74, 6) is -1.30. The van der Waals surface area contributed by atoms with Crippen LogP contribution in [0.3, 0.4) is 0 Å². The van der Waals surface area contributed by atoms with Crippen molar-refractivity contribution in [1.82, 2.24) is 10.2 Å². The van der Waals surface area contributed by atoms with Gasteiger partial charge in [-0.3, -0.25) is 9.59 Å². The standard InChI is InChI=1S/C10H15FN2O4S/c11-18(16,17)6-7-3-10(15)13(4-7)5-8-1-2-9(14)12-8/h7-8H,1-6H2,(H,12,14)/t7?,8-/m1/s1. The minimum absolute atomic E-state index is 0.0328. The summed E-state index contributed by atoms with van der Waals surface area (Å²) in [4.78, 5) is 24.2. The molecular weight excluding hydrogens is 263 g/mol. The average Bonchev–Trinajstić information content (AvgIpc) is 2.73. The van der Waals surface area contributed by atoms with E-state index in [4.69, 9.17) is 0 Å². The Hall–Kier alpha value is -1.18. The van der Waals surface area contributed by atoms with Crippen LogP contribution in [-0.4, -0.2) is 50.0 Å². The monoisotopic (exact) mass is 278 g/mol. The van der Waals surface area contributed by atoms with Crippen molar-refractivity contribution in [3.8, 4) is 0 Å². The highest BCUT2D eigenvalue weighted by Gasteiger charge is 2.35. The Balaban J connectivity index is 1.87. The molecule has 0 aromatic carbocycles. The molecule has 0 spiro atoms. The van der Waals surface area contributed by atoms with Gasteiger partial charge in [0.15, 0.2) is 0 Å². The van der Waals surface area contributed by atoms with E-state index in [0.29, 0.717) is 19.4 Å². The number of rotatable bonds is 4. The van der Waals surface area contributed by atoms with Crippen LogP contribution in [0.15, 0.2) is 0 Å². The number of hydrogen-bond donors (Lipinski definition) is 1. The van der Waals surface area contributed by atoms with E-state index >= 15 is 0 Å². The lowest BCUT2D eigenvalue weighted by Crippen LogP contribution is -2.39. The first kappa shape index (κ1) is 13.3. The number of amides is 2. The fourth-order valence-corrected chi connectivity index (χ4v) is 3.29. The molecule has 2 saturated heterocycles. The molecule has 8 heteroatoms. The number of carbonyl (C=O) groups excluding carboxylic acids is 2. The summed E-state index contributed by atoms with van der Waals surface area (Å²) in [5.41, 5.74) is 0. The van der Waals surface area contributed by atoms with E-state index < -0.39 is 21.9 Å². The highest BCUT2D eigenvalue weighted by Crippen LogP contribution is 2.21. The highest BCUT2D eigenvalue weighted by atomic mass is 32.3. The Bertz CT molecular complexity index is 464. The Labute approximate surface area is 105 Å². The first-order chi connectivity index (χ1) is 8.33. The smallest absolute Gasteiger partial charge is 0.302 e. The molecule has 2 amide bonds. The third-order valence-corrected chi connectivity index (χ3v) is 4.12. The first-order valence-corrected chi connectivity index (χ1v) is 7.38. The van der Waals surface area contributed by atoms with Crippen molar-refractivity contribution in [2.75, 3.05) is 18.8 Å². The third-order valence-electron chi connectivity index (χ3n) is 3.26. The lowest BCUT2D eigenvalue weighted by Gasteiger charge is -2.20. The molecule has 18 heavy (non-hydrogen) atoms. The van der Waals surface area contributed by atoms with E-state index in [2.05, 4.69) is 5.32 Å². The van der Waals surface area contributed by atoms with Crippen molar-refractivity contribution in [3.63, 3.8) is 0 Å². The van der Waals surface area contributed by atoms with Gasteiger partial charge in [0, 0.05) is 37.9 Å². The molecule has 0 saturated carbocycles. The molecule has 2 aliphatic rings. The molecular formula is C10H15FN2O4S. The van der Waals surface area contributed by atoms with Gasteiger partial charge in [0.1, 0.15) is 0 Å². The van der Waals surface area contributed by atoms with Crippen molar-refractivity contribution in [1.29, 1.82) is 0 Å². The Kier molecular flexibility index (Phi) is 3.56. The molecule has 2 rings (SSSR count). The molecule has 102 valence electrons. The van der Waals surface area contributed by atoms with Gasteiger partial charge in [-0.1, -0.05) is 0 Å². The summed E-state index contributed by atoms with van der Waals surface area (Å²) in [7, 11) is -4.54. The summed E-state index contributed by atoms with van der Waals surface area (Å²) in [6.07, 6.45) is 1.19. The topological polar surface area (TPSA) is 83.6 Å². The van der Waals surface area contributed by atoms with Gasteiger partial charge >= 0.3 is 10.2 Å². The molecule has 0 aromatic rings. The van der Waals surface area contributed by atoms with Gasteiger partial charge in [-0.15, -0.1) is 3.89 Å². The molecule has 0 radical (unpaired) electrons. The molecule has 6 nitrogen and oxygen atoms in total. The normalized spacial score (nSPS) is 28.8. The molecule has 2 aliphatic heterocycles. The van der Waals surface area contributed by atoms with Crippen LogP contribution >= 0.6 is 0 Å². The SMILES string of the molecule is O=C1CC[C@H](CN2CC(CS(=O)(=O)F)CC2=O)N1. The zero-order valence-corrected chi connectivity index (χ0v) is 10.6. The third kappa shape index (κ3) is 3.41. The molecule has 0 aromatic heterocycles. The molecule has 2 atom stereocenters. The highest BCUT2D eigenvalue weighted by molar-refractivity contribution is 7.86. The maximum atomic E-state index is 12.5. The Morgan fingerprint density at radius 3 is 2.67 bits per heavy atom. The number of likely N-dealkylation sites (tertiary alicyclic amines) is 1. The maximum absolute atomic E-state index is 12.5. The number of carbonyl (C=O) groups is 2. The predicted molar refractivity (Wildman–Crippen MR) is 60.7 cm³/mol. The van der Waals surface area contributed by atoms with Crippen LogP contribution in [-0.2, 0) is 19.8 Å². The van der Waals surface area contributed by atoms with Gasteiger partial charge in [-0.25, -0.2) is 0 Å². The van der Waals surface area contributed by atoms with Crippen LogP contribution in [0.5, 0.6) is 0 Å². The minimum atomic E-state index is -4.54. The lowest BCUT2D eigenvalue weighted by atomic mass is 10.1. The lowest BCUT2D eigenvalue weighted by molar-refractivity contribution is -0.128. The van der Waals surface area contributed by atoms with Crippen molar-refractivity contribution >= 4 is 22.0 Å². The number of hydrogen-bond acceptors (Lipinski definition) is 4. The summed E-state index contributed by atoms with van der Waals surface area (Å²) in [6, 6.07) is -0.0674. The maximum Gasteiger partial charge on any atom is 0.302 e. The average molecular weight is 278 g/mol. The van der Waals surface area contributed by atoms with Gasteiger partial charge in [0.05, 0.1) is 5.75 Å². The summed E-state index contributed by atoms with van der Waals surface area (Å²) in [5, 5.41) is 2.74. The quantitative estimate of drug-likeness (QED) is 0.697. The van der Waals surface area contributed by atoms with Crippen molar-refractivity contribution in [2.45, 2.75) is 25.3 Å². The number of nitrogens with one attached hydrogen (secondary N) is 1. The molecule has 2 heterocycles. The first-order valence-electron chi connectivity index (χ1n) is 5.83. The second kappa shape index (κ2) is 4.83. The van der Waals surface area contributed by atoms with Gasteiger partial charge < -0.3 is 10.2 Å². The molecule has 2 fully saturated rings. The fraction of sp³-hybridized carbons (Fsp3) is 0.800. The Morgan fingerprint density at radius 2 is 2.11 bits per heavy atom. The summed E-state index contributed by atoms with van der Waals surface area (Å²) < 4.78 is 33.6. The van der Waals surface area contributed by atoms with Gasteiger partial charge in [0.25, 0.3) is 0 Å². The van der Waals surface area contributed by atoms with Crippen LogP contribution in [0.25, 0.3) is 0 Å². The van der Waals surface area contributed by atoms with Crippen LogP contribution < -0.4 is 5.32 Å². The van der Waals surface area contributed by atoms with Crippen LogP contribution in [0, 0.1) is 5.92 Å². The van der Waals surface area contributed by atoms with Crippen molar-refractivity contribution < 1.29 is 21.9 Å². The largest absolute Gasteiger partial charge is 0.352 e. The fourth-order valence-electron chi connectivity index (χ4n) is 2.50. The molecule has 0 bridgehead atoms. The second-order valence-electron chi connectivity index (χ2n) is 4.88. The van der Waals surface area contributed by atoms with E-state index in [1.54, 1.807) is 0 Å². The summed E-state index contributed by atoms with van der Waals surface area (Å²) in [6.45, 7) is 0.627. The van der Waals surface area contributed by atoms with Gasteiger partial charge in [-0.05, 0) is 6.42 Å². The van der Waals surface area contributed by atoms with E-state index in [1.165, 1.54) is 4.90 Å². The van der Waals surface area contributed by atoms with Crippen molar-refractivity contribution in [3.05, 3.63) is 0 Å². The molecule has 0 aliphatic carbocycles.